The van der Waals surface area contributed by atoms with E-state index in [9.17, 15) is 0 Å². The summed E-state index contributed by atoms with van der Waals surface area (Å²) in [4.78, 5) is 12.2. The third-order valence-electron chi connectivity index (χ3n) is 1.44. The molecule has 0 bridgehead atoms. The molecule has 3 nitrogen and oxygen atoms in total. The average Bonchev–Trinajstić information content (AvgIpc) is 2.19. The molecule has 5 heteroatoms. The van der Waals surface area contributed by atoms with Gasteiger partial charge in [-0.1, -0.05) is 17.7 Å². The van der Waals surface area contributed by atoms with Gasteiger partial charge < -0.3 is 0 Å². The van der Waals surface area contributed by atoms with Crippen LogP contribution in [0.1, 0.15) is 0 Å². The first-order valence-corrected chi connectivity index (χ1v) is 5.10. The van der Waals surface area contributed by atoms with Gasteiger partial charge >= 0.3 is 0 Å². The van der Waals surface area contributed by atoms with Crippen LogP contribution in [-0.2, 0) is 0 Å². The van der Waals surface area contributed by atoms with Crippen molar-refractivity contribution in [2.75, 3.05) is 0 Å². The van der Waals surface area contributed by atoms with Crippen molar-refractivity contribution >= 4 is 23.4 Å². The standard InChI is InChI=1S/C9H6ClN3S/c10-7-2-1-3-8(13-7)14-9-6-11-4-5-12-9/h1-6H. The number of hydrogen-bond donors (Lipinski definition) is 0. The van der Waals surface area contributed by atoms with Crippen LogP contribution < -0.4 is 0 Å². The smallest absolute Gasteiger partial charge is 0.130 e. The lowest BCUT2D eigenvalue weighted by Gasteiger charge is -1.98. The fourth-order valence-corrected chi connectivity index (χ4v) is 1.84. The van der Waals surface area contributed by atoms with Gasteiger partial charge in [-0.2, -0.15) is 0 Å². The fourth-order valence-electron chi connectivity index (χ4n) is 0.892. The summed E-state index contributed by atoms with van der Waals surface area (Å²) < 4.78 is 0. The van der Waals surface area contributed by atoms with E-state index >= 15 is 0 Å². The van der Waals surface area contributed by atoms with E-state index in [1.165, 1.54) is 11.8 Å². The molecule has 2 aromatic heterocycles. The molecule has 0 saturated heterocycles. The second-order valence-electron chi connectivity index (χ2n) is 2.44. The Morgan fingerprint density at radius 3 is 2.79 bits per heavy atom. The molecule has 2 heterocycles. The molecule has 0 amide bonds. The molecule has 2 aromatic rings. The SMILES string of the molecule is Clc1cccc(Sc2cnccn2)n1. The minimum absolute atomic E-state index is 0.485. The van der Waals surface area contributed by atoms with Crippen LogP contribution in [0.2, 0.25) is 5.15 Å². The van der Waals surface area contributed by atoms with Crippen molar-refractivity contribution in [2.24, 2.45) is 0 Å². The van der Waals surface area contributed by atoms with Crippen molar-refractivity contribution in [3.63, 3.8) is 0 Å². The zero-order chi connectivity index (χ0) is 9.80. The van der Waals surface area contributed by atoms with Gasteiger partial charge in [-0.05, 0) is 23.9 Å². The first-order chi connectivity index (χ1) is 6.84. The number of rotatable bonds is 2. The van der Waals surface area contributed by atoms with Gasteiger partial charge in [0.1, 0.15) is 15.2 Å². The second-order valence-corrected chi connectivity index (χ2v) is 3.87. The third kappa shape index (κ3) is 2.43. The van der Waals surface area contributed by atoms with Crippen LogP contribution in [0.25, 0.3) is 0 Å². The van der Waals surface area contributed by atoms with Gasteiger partial charge in [-0.3, -0.25) is 4.98 Å². The molecule has 14 heavy (non-hydrogen) atoms. The van der Waals surface area contributed by atoms with E-state index in [2.05, 4.69) is 15.0 Å². The summed E-state index contributed by atoms with van der Waals surface area (Å²) >= 11 is 7.18. The number of halogens is 1. The van der Waals surface area contributed by atoms with Crippen molar-refractivity contribution in [2.45, 2.75) is 10.1 Å². The maximum absolute atomic E-state index is 5.75. The summed E-state index contributed by atoms with van der Waals surface area (Å²) in [6.45, 7) is 0. The van der Waals surface area contributed by atoms with E-state index < -0.39 is 0 Å². The number of aromatic nitrogens is 3. The molecule has 0 fully saturated rings. The Labute approximate surface area is 90.6 Å². The summed E-state index contributed by atoms with van der Waals surface area (Å²) in [5.74, 6) is 0. The Balaban J connectivity index is 2.19. The van der Waals surface area contributed by atoms with Gasteiger partial charge in [0, 0.05) is 12.4 Å². The van der Waals surface area contributed by atoms with Gasteiger partial charge in [0.25, 0.3) is 0 Å². The quantitative estimate of drug-likeness (QED) is 0.734. The average molecular weight is 224 g/mol. The molecule has 0 saturated carbocycles. The Kier molecular flexibility index (Phi) is 2.96. The first-order valence-electron chi connectivity index (χ1n) is 3.91. The number of pyridine rings is 1. The van der Waals surface area contributed by atoms with E-state index in [4.69, 9.17) is 11.6 Å². The molecule has 0 aromatic carbocycles. The molecule has 0 N–H and O–H groups in total. The zero-order valence-corrected chi connectivity index (χ0v) is 8.66. The van der Waals surface area contributed by atoms with Crippen LogP contribution in [0.3, 0.4) is 0 Å². The first kappa shape index (κ1) is 9.43. The van der Waals surface area contributed by atoms with Crippen molar-refractivity contribution in [1.82, 2.24) is 15.0 Å². The van der Waals surface area contributed by atoms with Crippen LogP contribution in [0.15, 0.2) is 46.8 Å². The van der Waals surface area contributed by atoms with Crippen LogP contribution in [0, 0.1) is 0 Å². The summed E-state index contributed by atoms with van der Waals surface area (Å²) in [6, 6.07) is 5.47. The lowest BCUT2D eigenvalue weighted by atomic mass is 10.5. The van der Waals surface area contributed by atoms with Crippen LogP contribution in [0.5, 0.6) is 0 Å². The van der Waals surface area contributed by atoms with E-state index in [0.29, 0.717) is 5.15 Å². The van der Waals surface area contributed by atoms with E-state index in [1.807, 2.05) is 12.1 Å². The monoisotopic (exact) mass is 223 g/mol. The predicted octanol–water partition coefficient (Wildman–Crippen LogP) is 2.68. The Bertz CT molecular complexity index is 421. The van der Waals surface area contributed by atoms with E-state index in [-0.39, 0.29) is 0 Å². The minimum Gasteiger partial charge on any atom is -0.260 e. The van der Waals surface area contributed by atoms with Gasteiger partial charge in [0.05, 0.1) is 6.20 Å². The topological polar surface area (TPSA) is 38.7 Å². The summed E-state index contributed by atoms with van der Waals surface area (Å²) in [6.07, 6.45) is 4.97. The van der Waals surface area contributed by atoms with Crippen LogP contribution in [0.4, 0.5) is 0 Å². The van der Waals surface area contributed by atoms with Crippen LogP contribution in [-0.4, -0.2) is 15.0 Å². The molecule has 0 atom stereocenters. The van der Waals surface area contributed by atoms with Crippen molar-refractivity contribution < 1.29 is 0 Å². The van der Waals surface area contributed by atoms with Gasteiger partial charge in [-0.25, -0.2) is 9.97 Å². The minimum atomic E-state index is 0.485. The molecule has 0 spiro atoms. The predicted molar refractivity (Wildman–Crippen MR) is 55.4 cm³/mol. The molecule has 70 valence electrons. The van der Waals surface area contributed by atoms with Gasteiger partial charge in [-0.15, -0.1) is 0 Å². The summed E-state index contributed by atoms with van der Waals surface area (Å²) in [5.41, 5.74) is 0. The van der Waals surface area contributed by atoms with Crippen molar-refractivity contribution in [1.29, 1.82) is 0 Å². The third-order valence-corrected chi connectivity index (χ3v) is 2.51. The molecule has 2 rings (SSSR count). The molecule has 0 aliphatic rings. The Hall–Kier alpha value is -1.13. The zero-order valence-electron chi connectivity index (χ0n) is 7.09. The Morgan fingerprint density at radius 2 is 2.07 bits per heavy atom. The lowest BCUT2D eigenvalue weighted by molar-refractivity contribution is 1.04. The summed E-state index contributed by atoms with van der Waals surface area (Å²) in [7, 11) is 0. The van der Waals surface area contributed by atoms with Gasteiger partial charge in [0.2, 0.25) is 0 Å². The fraction of sp³-hybridized carbons (Fsp3) is 0. The molecular formula is C9H6ClN3S. The highest BCUT2D eigenvalue weighted by atomic mass is 35.5. The lowest BCUT2D eigenvalue weighted by Crippen LogP contribution is -1.83. The Morgan fingerprint density at radius 1 is 1.14 bits per heavy atom. The van der Waals surface area contributed by atoms with Crippen LogP contribution >= 0.6 is 23.4 Å². The highest BCUT2D eigenvalue weighted by molar-refractivity contribution is 7.99. The molecule has 0 unspecified atom stereocenters. The molecule has 0 aliphatic heterocycles. The maximum atomic E-state index is 5.75. The van der Waals surface area contributed by atoms with Crippen molar-refractivity contribution in [3.05, 3.63) is 41.9 Å². The number of nitrogens with zero attached hydrogens (tertiary/aromatic N) is 3. The largest absolute Gasteiger partial charge is 0.260 e. The highest BCUT2D eigenvalue weighted by Gasteiger charge is 1.99. The molecule has 0 radical (unpaired) electrons. The second kappa shape index (κ2) is 4.39. The van der Waals surface area contributed by atoms with E-state index in [1.54, 1.807) is 24.7 Å². The molecule has 0 aliphatic carbocycles. The molecular weight excluding hydrogens is 218 g/mol. The summed E-state index contributed by atoms with van der Waals surface area (Å²) in [5, 5.41) is 2.11. The normalized spacial score (nSPS) is 10.1. The maximum Gasteiger partial charge on any atom is 0.130 e. The van der Waals surface area contributed by atoms with Gasteiger partial charge in [0.15, 0.2) is 0 Å². The highest BCUT2D eigenvalue weighted by Crippen LogP contribution is 2.23. The number of hydrogen-bond acceptors (Lipinski definition) is 4. The van der Waals surface area contributed by atoms with E-state index in [0.717, 1.165) is 10.1 Å². The van der Waals surface area contributed by atoms with Crippen molar-refractivity contribution in [3.8, 4) is 0 Å².